The molecule has 2 N–H and O–H groups in total. The molecule has 0 saturated carbocycles. The van der Waals surface area contributed by atoms with E-state index in [2.05, 4.69) is 15.5 Å². The number of fused-ring (bicyclic) bond motifs is 1. The first-order valence-corrected chi connectivity index (χ1v) is 3.66. The number of rotatable bonds is 2. The number of aromatic amines is 1. The van der Waals surface area contributed by atoms with E-state index in [1.807, 2.05) is 0 Å². The molecule has 1 aliphatic heterocycles. The van der Waals surface area contributed by atoms with E-state index in [1.165, 1.54) is 11.3 Å². The Hall–Kier alpha value is -0.870. The maximum atomic E-state index is 5.00. The van der Waals surface area contributed by atoms with Gasteiger partial charge in [-0.15, -0.1) is 0 Å². The molecular weight excluding hydrogens is 142 g/mol. The van der Waals surface area contributed by atoms with Crippen molar-refractivity contribution in [3.8, 4) is 0 Å². The van der Waals surface area contributed by atoms with Crippen LogP contribution >= 0.6 is 0 Å². The van der Waals surface area contributed by atoms with E-state index in [4.69, 9.17) is 4.74 Å². The van der Waals surface area contributed by atoms with Crippen LogP contribution < -0.4 is 5.32 Å². The maximum absolute atomic E-state index is 5.00. The SMILES string of the molecule is COCc1n[nH]c2c1CNC2. The van der Waals surface area contributed by atoms with Crippen molar-refractivity contribution >= 4 is 0 Å². The summed E-state index contributed by atoms with van der Waals surface area (Å²) in [5.74, 6) is 0. The van der Waals surface area contributed by atoms with Crippen molar-refractivity contribution in [2.75, 3.05) is 7.11 Å². The summed E-state index contributed by atoms with van der Waals surface area (Å²) in [6.07, 6.45) is 0. The molecule has 0 bridgehead atoms. The normalized spacial score (nSPS) is 15.4. The largest absolute Gasteiger partial charge is 0.378 e. The zero-order valence-corrected chi connectivity index (χ0v) is 6.48. The molecule has 1 aromatic rings. The van der Waals surface area contributed by atoms with Crippen LogP contribution in [0.1, 0.15) is 17.0 Å². The van der Waals surface area contributed by atoms with Crippen LogP contribution in [-0.4, -0.2) is 17.3 Å². The highest BCUT2D eigenvalue weighted by molar-refractivity contribution is 5.27. The Balaban J connectivity index is 2.27. The van der Waals surface area contributed by atoms with Crippen LogP contribution in [0.15, 0.2) is 0 Å². The van der Waals surface area contributed by atoms with Crippen molar-refractivity contribution in [3.05, 3.63) is 17.0 Å². The third-order valence-electron chi connectivity index (χ3n) is 1.92. The summed E-state index contributed by atoms with van der Waals surface area (Å²) in [7, 11) is 1.68. The van der Waals surface area contributed by atoms with Crippen LogP contribution in [0, 0.1) is 0 Å². The smallest absolute Gasteiger partial charge is 0.0927 e. The van der Waals surface area contributed by atoms with Gasteiger partial charge >= 0.3 is 0 Å². The predicted octanol–water partition coefficient (Wildman–Crippen LogP) is 0.159. The Morgan fingerprint density at radius 3 is 3.27 bits per heavy atom. The summed E-state index contributed by atoms with van der Waals surface area (Å²) < 4.78 is 5.00. The average molecular weight is 153 g/mol. The number of hydrogen-bond donors (Lipinski definition) is 2. The fraction of sp³-hybridized carbons (Fsp3) is 0.571. The summed E-state index contributed by atoms with van der Waals surface area (Å²) in [4.78, 5) is 0. The molecule has 2 rings (SSSR count). The molecular formula is C7H11N3O. The molecule has 0 amide bonds. The molecule has 2 heterocycles. The Morgan fingerprint density at radius 2 is 2.45 bits per heavy atom. The average Bonchev–Trinajstić information content (AvgIpc) is 2.53. The van der Waals surface area contributed by atoms with E-state index in [-0.39, 0.29) is 0 Å². The molecule has 11 heavy (non-hydrogen) atoms. The predicted molar refractivity (Wildman–Crippen MR) is 39.8 cm³/mol. The van der Waals surface area contributed by atoms with Crippen LogP contribution in [-0.2, 0) is 24.4 Å². The summed E-state index contributed by atoms with van der Waals surface area (Å²) in [5.41, 5.74) is 3.52. The fourth-order valence-corrected chi connectivity index (χ4v) is 1.37. The molecule has 0 radical (unpaired) electrons. The summed E-state index contributed by atoms with van der Waals surface area (Å²) in [5, 5.41) is 10.4. The van der Waals surface area contributed by atoms with Crippen molar-refractivity contribution < 1.29 is 4.74 Å². The van der Waals surface area contributed by atoms with Gasteiger partial charge in [-0.1, -0.05) is 0 Å². The molecule has 0 aliphatic carbocycles. The van der Waals surface area contributed by atoms with Gasteiger partial charge < -0.3 is 10.1 Å². The van der Waals surface area contributed by atoms with E-state index in [9.17, 15) is 0 Å². The van der Waals surface area contributed by atoms with Gasteiger partial charge in [0.1, 0.15) is 0 Å². The molecule has 0 fully saturated rings. The lowest BCUT2D eigenvalue weighted by Crippen LogP contribution is -2.04. The number of methoxy groups -OCH3 is 1. The maximum Gasteiger partial charge on any atom is 0.0927 e. The summed E-state index contributed by atoms with van der Waals surface area (Å²) in [6.45, 7) is 2.43. The van der Waals surface area contributed by atoms with Gasteiger partial charge in [0.25, 0.3) is 0 Å². The monoisotopic (exact) mass is 153 g/mol. The van der Waals surface area contributed by atoms with E-state index in [0.717, 1.165) is 18.8 Å². The quantitative estimate of drug-likeness (QED) is 0.636. The first kappa shape index (κ1) is 6.82. The second kappa shape index (κ2) is 2.64. The van der Waals surface area contributed by atoms with Gasteiger partial charge in [0.15, 0.2) is 0 Å². The number of nitrogens with zero attached hydrogens (tertiary/aromatic N) is 1. The summed E-state index contributed by atoms with van der Waals surface area (Å²) in [6, 6.07) is 0. The molecule has 0 unspecified atom stereocenters. The van der Waals surface area contributed by atoms with E-state index < -0.39 is 0 Å². The van der Waals surface area contributed by atoms with Gasteiger partial charge in [0, 0.05) is 25.8 Å². The van der Waals surface area contributed by atoms with Crippen molar-refractivity contribution in [2.24, 2.45) is 0 Å². The standard InChI is InChI=1S/C7H11N3O/c1-11-4-7-5-2-8-3-6(5)9-10-7/h8H,2-4H2,1H3,(H,9,10). The number of ether oxygens (including phenoxy) is 1. The van der Waals surface area contributed by atoms with Gasteiger partial charge in [-0.2, -0.15) is 5.10 Å². The van der Waals surface area contributed by atoms with Crippen LogP contribution in [0.3, 0.4) is 0 Å². The molecule has 60 valence electrons. The third kappa shape index (κ3) is 1.04. The van der Waals surface area contributed by atoms with Crippen LogP contribution in [0.4, 0.5) is 0 Å². The van der Waals surface area contributed by atoms with E-state index in [1.54, 1.807) is 7.11 Å². The topological polar surface area (TPSA) is 49.9 Å². The fourth-order valence-electron chi connectivity index (χ4n) is 1.37. The molecule has 4 heteroatoms. The zero-order chi connectivity index (χ0) is 7.68. The second-order valence-corrected chi connectivity index (χ2v) is 2.66. The highest BCUT2D eigenvalue weighted by Gasteiger charge is 2.16. The van der Waals surface area contributed by atoms with Gasteiger partial charge in [-0.05, 0) is 0 Å². The molecule has 1 aromatic heterocycles. The van der Waals surface area contributed by atoms with Gasteiger partial charge in [0.05, 0.1) is 18.0 Å². The Labute approximate surface area is 64.9 Å². The first-order chi connectivity index (χ1) is 5.42. The van der Waals surface area contributed by atoms with Crippen molar-refractivity contribution in [1.29, 1.82) is 0 Å². The molecule has 0 atom stereocenters. The van der Waals surface area contributed by atoms with E-state index in [0.29, 0.717) is 6.61 Å². The lowest BCUT2D eigenvalue weighted by atomic mass is 10.2. The number of hydrogen-bond acceptors (Lipinski definition) is 3. The molecule has 1 aliphatic rings. The lowest BCUT2D eigenvalue weighted by Gasteiger charge is -1.95. The Bertz CT molecular complexity index is 256. The Kier molecular flexibility index (Phi) is 1.63. The van der Waals surface area contributed by atoms with Crippen molar-refractivity contribution in [3.63, 3.8) is 0 Å². The minimum absolute atomic E-state index is 0.605. The molecule has 0 saturated heterocycles. The zero-order valence-electron chi connectivity index (χ0n) is 6.48. The number of aromatic nitrogens is 2. The van der Waals surface area contributed by atoms with Crippen molar-refractivity contribution in [1.82, 2.24) is 15.5 Å². The van der Waals surface area contributed by atoms with Gasteiger partial charge in [-0.25, -0.2) is 0 Å². The minimum Gasteiger partial charge on any atom is -0.378 e. The third-order valence-corrected chi connectivity index (χ3v) is 1.92. The van der Waals surface area contributed by atoms with Crippen LogP contribution in [0.25, 0.3) is 0 Å². The van der Waals surface area contributed by atoms with Crippen molar-refractivity contribution in [2.45, 2.75) is 19.7 Å². The number of nitrogens with one attached hydrogen (secondary N) is 2. The molecule has 0 aromatic carbocycles. The van der Waals surface area contributed by atoms with Crippen LogP contribution in [0.5, 0.6) is 0 Å². The first-order valence-electron chi connectivity index (χ1n) is 3.66. The van der Waals surface area contributed by atoms with Gasteiger partial charge in [0.2, 0.25) is 0 Å². The lowest BCUT2D eigenvalue weighted by molar-refractivity contribution is 0.180. The number of H-pyrrole nitrogens is 1. The molecule has 0 spiro atoms. The molecule has 4 nitrogen and oxygen atoms in total. The van der Waals surface area contributed by atoms with E-state index >= 15 is 0 Å². The summed E-state index contributed by atoms with van der Waals surface area (Å²) >= 11 is 0. The Morgan fingerprint density at radius 1 is 1.55 bits per heavy atom. The van der Waals surface area contributed by atoms with Crippen LogP contribution in [0.2, 0.25) is 0 Å². The minimum atomic E-state index is 0.605. The highest BCUT2D eigenvalue weighted by atomic mass is 16.5. The second-order valence-electron chi connectivity index (χ2n) is 2.66. The van der Waals surface area contributed by atoms with Gasteiger partial charge in [-0.3, -0.25) is 5.10 Å². The highest BCUT2D eigenvalue weighted by Crippen LogP contribution is 2.16.